The van der Waals surface area contributed by atoms with Crippen LogP contribution in [0.3, 0.4) is 0 Å². The van der Waals surface area contributed by atoms with Gasteiger partial charge in [0.1, 0.15) is 12.3 Å². The Morgan fingerprint density at radius 1 is 1.23 bits per heavy atom. The molecule has 1 aliphatic carbocycles. The summed E-state index contributed by atoms with van der Waals surface area (Å²) in [6.45, 7) is -0.480. The number of hydrogen-bond acceptors (Lipinski definition) is 5. The van der Waals surface area contributed by atoms with Crippen LogP contribution < -0.4 is 5.32 Å². The van der Waals surface area contributed by atoms with Gasteiger partial charge in [-0.2, -0.15) is 10.1 Å². The van der Waals surface area contributed by atoms with Gasteiger partial charge < -0.3 is 15.0 Å². The van der Waals surface area contributed by atoms with Crippen molar-refractivity contribution in [3.8, 4) is 11.1 Å². The molecule has 0 aliphatic heterocycles. The van der Waals surface area contributed by atoms with E-state index in [1.807, 2.05) is 35.2 Å². The van der Waals surface area contributed by atoms with Gasteiger partial charge in [0.15, 0.2) is 0 Å². The fourth-order valence-electron chi connectivity index (χ4n) is 4.07. The number of H-pyrrole nitrogens is 1. The number of fused-ring (bicyclic) bond motifs is 2. The maximum Gasteiger partial charge on any atom is 0.261 e. The minimum Gasteiger partial charge on any atom is -0.372 e. The number of nitrogens with zero attached hydrogens (tertiary/aromatic N) is 4. The summed E-state index contributed by atoms with van der Waals surface area (Å²) in [5.41, 5.74) is 3.90. The maximum atomic E-state index is 12.3. The Balaban J connectivity index is 1.27. The molecule has 9 heteroatoms. The SMILES string of the molecule is FC(F)CO[C@H]1CC[C@@H](Nc2ncc3c(-c4ccn5nccc5c4)c[nH]c3n2)CC1. The van der Waals surface area contributed by atoms with Crippen LogP contribution in [0.15, 0.2) is 43.0 Å². The summed E-state index contributed by atoms with van der Waals surface area (Å²) >= 11 is 0. The predicted molar refractivity (Wildman–Crippen MR) is 110 cm³/mol. The summed E-state index contributed by atoms with van der Waals surface area (Å²) in [5, 5.41) is 8.55. The Bertz CT molecular complexity index is 1150. The number of halogens is 2. The van der Waals surface area contributed by atoms with Gasteiger partial charge in [0, 0.05) is 41.8 Å². The smallest absolute Gasteiger partial charge is 0.261 e. The lowest BCUT2D eigenvalue weighted by Crippen LogP contribution is -2.31. The van der Waals surface area contributed by atoms with E-state index in [-0.39, 0.29) is 12.1 Å². The highest BCUT2D eigenvalue weighted by atomic mass is 19.3. The molecule has 0 aromatic carbocycles. The summed E-state index contributed by atoms with van der Waals surface area (Å²) in [7, 11) is 0. The predicted octanol–water partition coefficient (Wildman–Crippen LogP) is 4.28. The van der Waals surface area contributed by atoms with E-state index >= 15 is 0 Å². The second kappa shape index (κ2) is 7.98. The lowest BCUT2D eigenvalue weighted by atomic mass is 9.93. The quantitative estimate of drug-likeness (QED) is 0.494. The molecule has 5 rings (SSSR count). The molecule has 0 radical (unpaired) electrons. The number of anilines is 1. The highest BCUT2D eigenvalue weighted by Gasteiger charge is 2.23. The molecule has 0 amide bonds. The molecule has 0 saturated heterocycles. The minimum absolute atomic E-state index is 0.0838. The molecule has 4 aromatic rings. The molecule has 7 nitrogen and oxygen atoms in total. The largest absolute Gasteiger partial charge is 0.372 e. The Kier molecular flexibility index (Phi) is 5.04. The van der Waals surface area contributed by atoms with Crippen LogP contribution >= 0.6 is 0 Å². The highest BCUT2D eigenvalue weighted by molar-refractivity contribution is 5.94. The Morgan fingerprint density at radius 3 is 2.93 bits per heavy atom. The molecule has 30 heavy (non-hydrogen) atoms. The zero-order valence-corrected chi connectivity index (χ0v) is 16.3. The van der Waals surface area contributed by atoms with Crippen LogP contribution in [0.25, 0.3) is 27.7 Å². The number of aromatic amines is 1. The van der Waals surface area contributed by atoms with E-state index < -0.39 is 13.0 Å². The summed E-state index contributed by atoms with van der Waals surface area (Å²) in [6, 6.07) is 6.27. The molecule has 4 aromatic heterocycles. The molecular weight excluding hydrogens is 390 g/mol. The van der Waals surface area contributed by atoms with Crippen molar-refractivity contribution in [1.29, 1.82) is 0 Å². The Labute approximate surface area is 171 Å². The van der Waals surface area contributed by atoms with Crippen molar-refractivity contribution in [3.63, 3.8) is 0 Å². The van der Waals surface area contributed by atoms with Gasteiger partial charge in [-0.3, -0.25) is 0 Å². The molecule has 0 spiro atoms. The van der Waals surface area contributed by atoms with E-state index in [1.54, 1.807) is 6.20 Å². The van der Waals surface area contributed by atoms with Crippen LogP contribution in [0, 0.1) is 0 Å². The Morgan fingerprint density at radius 2 is 2.10 bits per heavy atom. The van der Waals surface area contributed by atoms with Gasteiger partial charge in [-0.15, -0.1) is 0 Å². The fourth-order valence-corrected chi connectivity index (χ4v) is 4.07. The van der Waals surface area contributed by atoms with Crippen molar-refractivity contribution < 1.29 is 13.5 Å². The molecule has 4 heterocycles. The molecule has 0 bridgehead atoms. The molecule has 0 atom stereocenters. The third kappa shape index (κ3) is 3.85. The molecule has 156 valence electrons. The number of ether oxygens (including phenoxy) is 1. The number of pyridine rings is 1. The number of alkyl halides is 2. The lowest BCUT2D eigenvalue weighted by molar-refractivity contribution is -0.0374. The second-order valence-electron chi connectivity index (χ2n) is 7.62. The van der Waals surface area contributed by atoms with Crippen LogP contribution in [0.1, 0.15) is 25.7 Å². The monoisotopic (exact) mass is 412 g/mol. The zero-order chi connectivity index (χ0) is 20.5. The first-order valence-corrected chi connectivity index (χ1v) is 10.1. The summed E-state index contributed by atoms with van der Waals surface area (Å²) in [4.78, 5) is 12.4. The topological polar surface area (TPSA) is 80.1 Å². The summed E-state index contributed by atoms with van der Waals surface area (Å²) in [5.74, 6) is 0.569. The summed E-state index contributed by atoms with van der Waals surface area (Å²) in [6.07, 6.45) is 8.19. The maximum absolute atomic E-state index is 12.3. The van der Waals surface area contributed by atoms with Crippen LogP contribution in [-0.2, 0) is 4.74 Å². The third-order valence-electron chi connectivity index (χ3n) is 5.61. The lowest BCUT2D eigenvalue weighted by Gasteiger charge is -2.29. The van der Waals surface area contributed by atoms with E-state index in [4.69, 9.17) is 4.74 Å². The second-order valence-corrected chi connectivity index (χ2v) is 7.62. The van der Waals surface area contributed by atoms with Crippen molar-refractivity contribution in [3.05, 3.63) is 43.0 Å². The van der Waals surface area contributed by atoms with Gasteiger partial charge in [-0.1, -0.05) is 0 Å². The van der Waals surface area contributed by atoms with Crippen LogP contribution in [-0.4, -0.2) is 49.7 Å². The molecule has 0 unspecified atom stereocenters. The Hall–Kier alpha value is -3.07. The molecule has 1 saturated carbocycles. The van der Waals surface area contributed by atoms with E-state index in [9.17, 15) is 8.78 Å². The van der Waals surface area contributed by atoms with Gasteiger partial charge in [-0.05, 0) is 49.4 Å². The fraction of sp³-hybridized carbons (Fsp3) is 0.381. The first kappa shape index (κ1) is 18.9. The van der Waals surface area contributed by atoms with E-state index in [0.29, 0.717) is 5.95 Å². The van der Waals surface area contributed by atoms with Crippen molar-refractivity contribution >= 4 is 22.5 Å². The third-order valence-corrected chi connectivity index (χ3v) is 5.61. The number of hydrogen-bond donors (Lipinski definition) is 2. The summed E-state index contributed by atoms with van der Waals surface area (Å²) < 4.78 is 31.6. The minimum atomic E-state index is -2.41. The van der Waals surface area contributed by atoms with Crippen molar-refractivity contribution in [2.45, 2.75) is 44.3 Å². The average Bonchev–Trinajstić information content (AvgIpc) is 3.39. The average molecular weight is 412 g/mol. The van der Waals surface area contributed by atoms with Gasteiger partial charge >= 0.3 is 0 Å². The van der Waals surface area contributed by atoms with Gasteiger partial charge in [0.05, 0.1) is 11.6 Å². The number of nitrogens with one attached hydrogen (secondary N) is 2. The molecule has 1 aliphatic rings. The van der Waals surface area contributed by atoms with Crippen LogP contribution in [0.5, 0.6) is 0 Å². The molecule has 2 N–H and O–H groups in total. The standard InChI is InChI=1S/C21H22F2N6O/c22-19(23)12-30-16-3-1-14(2-4-16)27-21-25-11-18-17(10-24-20(18)28-21)13-6-8-29-15(9-13)5-7-26-29/h5-11,14,16,19H,1-4,12H2,(H2,24,25,27,28)/t14-,16+. The van der Waals surface area contributed by atoms with Gasteiger partial charge in [0.2, 0.25) is 5.95 Å². The van der Waals surface area contributed by atoms with Crippen LogP contribution in [0.4, 0.5) is 14.7 Å². The van der Waals surface area contributed by atoms with Gasteiger partial charge in [-0.25, -0.2) is 18.3 Å². The highest BCUT2D eigenvalue weighted by Crippen LogP contribution is 2.29. The van der Waals surface area contributed by atoms with Crippen LogP contribution in [0.2, 0.25) is 0 Å². The van der Waals surface area contributed by atoms with Crippen molar-refractivity contribution in [2.24, 2.45) is 0 Å². The first-order chi connectivity index (χ1) is 14.7. The normalized spacial score (nSPS) is 19.7. The number of rotatable bonds is 6. The van der Waals surface area contributed by atoms with E-state index in [2.05, 4.69) is 31.4 Å². The first-order valence-electron chi connectivity index (χ1n) is 10.1. The number of aromatic nitrogens is 5. The zero-order valence-electron chi connectivity index (χ0n) is 16.3. The molecular formula is C21H22F2N6O. The van der Waals surface area contributed by atoms with Crippen molar-refractivity contribution in [2.75, 3.05) is 11.9 Å². The molecule has 1 fully saturated rings. The van der Waals surface area contributed by atoms with Gasteiger partial charge in [0.25, 0.3) is 6.43 Å². The van der Waals surface area contributed by atoms with E-state index in [0.717, 1.165) is 53.4 Å². The van der Waals surface area contributed by atoms with Crippen molar-refractivity contribution in [1.82, 2.24) is 24.6 Å². The van der Waals surface area contributed by atoms with E-state index in [1.165, 1.54) is 0 Å².